The molecular weight excluding hydrogens is 145 g/mol. The molecule has 0 radical (unpaired) electrons. The molecule has 66 valence electrons. The van der Waals surface area contributed by atoms with Crippen molar-refractivity contribution >= 4 is 5.78 Å². The highest BCUT2D eigenvalue weighted by molar-refractivity contribution is 5.80. The zero-order valence-corrected chi connectivity index (χ0v) is 7.41. The minimum absolute atomic E-state index is 0.120. The van der Waals surface area contributed by atoms with Crippen molar-refractivity contribution in [3.8, 4) is 0 Å². The molecule has 0 aromatic rings. The van der Waals surface area contributed by atoms with Crippen LogP contribution in [-0.4, -0.2) is 24.5 Å². The Labute approximate surface area is 67.2 Å². The zero-order valence-electron chi connectivity index (χ0n) is 7.41. The Morgan fingerprint density at radius 3 is 2.45 bits per heavy atom. The van der Waals surface area contributed by atoms with Crippen LogP contribution < -0.4 is 5.32 Å². The van der Waals surface area contributed by atoms with Crippen LogP contribution >= 0.6 is 0 Å². The minimum Gasteiger partial charge on any atom is -0.307 e. The SMILES string of the molecule is CCC(=O)CNCC(C)(C)F. The van der Waals surface area contributed by atoms with Crippen molar-refractivity contribution in [2.24, 2.45) is 0 Å². The smallest absolute Gasteiger partial charge is 0.146 e. The first kappa shape index (κ1) is 10.6. The van der Waals surface area contributed by atoms with E-state index in [1.54, 1.807) is 6.92 Å². The van der Waals surface area contributed by atoms with Crippen LogP contribution in [0.25, 0.3) is 0 Å². The van der Waals surface area contributed by atoms with E-state index < -0.39 is 5.67 Å². The van der Waals surface area contributed by atoms with Gasteiger partial charge in [0.05, 0.1) is 6.54 Å². The first-order valence-electron chi connectivity index (χ1n) is 3.87. The van der Waals surface area contributed by atoms with Gasteiger partial charge in [0.2, 0.25) is 0 Å². The number of carbonyl (C=O) groups is 1. The van der Waals surface area contributed by atoms with E-state index in [2.05, 4.69) is 5.32 Å². The van der Waals surface area contributed by atoms with Crippen LogP contribution in [0.15, 0.2) is 0 Å². The average Bonchev–Trinajstić information content (AvgIpc) is 1.85. The van der Waals surface area contributed by atoms with Gasteiger partial charge in [0.15, 0.2) is 0 Å². The van der Waals surface area contributed by atoms with E-state index in [0.717, 1.165) is 0 Å². The highest BCUT2D eigenvalue weighted by Gasteiger charge is 2.14. The molecule has 0 fully saturated rings. The van der Waals surface area contributed by atoms with Gasteiger partial charge in [0.25, 0.3) is 0 Å². The number of ketones is 1. The number of hydrogen-bond acceptors (Lipinski definition) is 2. The maximum Gasteiger partial charge on any atom is 0.146 e. The number of hydrogen-bond donors (Lipinski definition) is 1. The lowest BCUT2D eigenvalue weighted by molar-refractivity contribution is -0.118. The zero-order chi connectivity index (χ0) is 8.91. The summed E-state index contributed by atoms with van der Waals surface area (Å²) in [4.78, 5) is 10.7. The van der Waals surface area contributed by atoms with Crippen LogP contribution in [0.4, 0.5) is 4.39 Å². The molecule has 0 aromatic carbocycles. The fourth-order valence-corrected chi connectivity index (χ4v) is 0.624. The van der Waals surface area contributed by atoms with Crippen molar-refractivity contribution in [3.05, 3.63) is 0 Å². The molecule has 0 aliphatic rings. The summed E-state index contributed by atoms with van der Waals surface area (Å²) in [7, 11) is 0. The number of halogens is 1. The molecular formula is C8H16FNO. The molecule has 0 heterocycles. The Kier molecular flexibility index (Phi) is 4.26. The number of rotatable bonds is 5. The van der Waals surface area contributed by atoms with Crippen LogP contribution in [0.5, 0.6) is 0 Å². The molecule has 0 rings (SSSR count). The number of nitrogens with one attached hydrogen (secondary N) is 1. The largest absolute Gasteiger partial charge is 0.307 e. The lowest BCUT2D eigenvalue weighted by atomic mass is 10.2. The molecule has 0 spiro atoms. The van der Waals surface area contributed by atoms with Gasteiger partial charge < -0.3 is 5.32 Å². The third kappa shape index (κ3) is 7.46. The van der Waals surface area contributed by atoms with Crippen LogP contribution in [0, 0.1) is 0 Å². The highest BCUT2D eigenvalue weighted by Crippen LogP contribution is 2.04. The monoisotopic (exact) mass is 161 g/mol. The first-order chi connectivity index (χ1) is 4.95. The first-order valence-corrected chi connectivity index (χ1v) is 3.87. The molecule has 0 aromatic heterocycles. The van der Waals surface area contributed by atoms with Gasteiger partial charge in [0.1, 0.15) is 11.5 Å². The lowest BCUT2D eigenvalue weighted by Gasteiger charge is -2.13. The van der Waals surface area contributed by atoms with E-state index in [1.165, 1.54) is 13.8 Å². The number of carbonyl (C=O) groups excluding carboxylic acids is 1. The molecule has 0 amide bonds. The summed E-state index contributed by atoms with van der Waals surface area (Å²) in [6.07, 6.45) is 0.514. The summed E-state index contributed by atoms with van der Waals surface area (Å²) in [6, 6.07) is 0. The molecule has 0 aliphatic heterocycles. The van der Waals surface area contributed by atoms with Gasteiger partial charge in [-0.1, -0.05) is 6.92 Å². The molecule has 0 saturated carbocycles. The number of alkyl halides is 1. The van der Waals surface area contributed by atoms with Gasteiger partial charge in [-0.25, -0.2) is 4.39 Å². The van der Waals surface area contributed by atoms with E-state index in [9.17, 15) is 9.18 Å². The van der Waals surface area contributed by atoms with Crippen LogP contribution in [-0.2, 0) is 4.79 Å². The van der Waals surface area contributed by atoms with E-state index in [1.807, 2.05) is 0 Å². The van der Waals surface area contributed by atoms with Gasteiger partial charge in [-0.05, 0) is 13.8 Å². The topological polar surface area (TPSA) is 29.1 Å². The average molecular weight is 161 g/mol. The second-order valence-corrected chi connectivity index (χ2v) is 3.21. The second kappa shape index (κ2) is 4.44. The van der Waals surface area contributed by atoms with Crippen LogP contribution in [0.3, 0.4) is 0 Å². The van der Waals surface area contributed by atoms with Crippen molar-refractivity contribution in [2.75, 3.05) is 13.1 Å². The fourth-order valence-electron chi connectivity index (χ4n) is 0.624. The molecule has 11 heavy (non-hydrogen) atoms. The standard InChI is InChI=1S/C8H16FNO/c1-4-7(11)5-10-6-8(2,3)9/h10H,4-6H2,1-3H3. The van der Waals surface area contributed by atoms with Gasteiger partial charge in [-0.15, -0.1) is 0 Å². The van der Waals surface area contributed by atoms with E-state index in [-0.39, 0.29) is 18.9 Å². The summed E-state index contributed by atoms with van der Waals surface area (Å²) in [6.45, 7) is 5.28. The second-order valence-electron chi connectivity index (χ2n) is 3.21. The maximum atomic E-state index is 12.8. The predicted molar refractivity (Wildman–Crippen MR) is 43.4 cm³/mol. The quantitative estimate of drug-likeness (QED) is 0.658. The third-order valence-electron chi connectivity index (χ3n) is 1.26. The highest BCUT2D eigenvalue weighted by atomic mass is 19.1. The van der Waals surface area contributed by atoms with E-state index in [4.69, 9.17) is 0 Å². The predicted octanol–water partition coefficient (Wildman–Crippen LogP) is 1.30. The summed E-state index contributed by atoms with van der Waals surface area (Å²) in [5, 5.41) is 2.75. The molecule has 1 N–H and O–H groups in total. The van der Waals surface area contributed by atoms with E-state index >= 15 is 0 Å². The Morgan fingerprint density at radius 1 is 1.55 bits per heavy atom. The van der Waals surface area contributed by atoms with Crippen molar-refractivity contribution < 1.29 is 9.18 Å². The molecule has 0 bridgehead atoms. The van der Waals surface area contributed by atoms with Gasteiger partial charge in [-0.3, -0.25) is 4.79 Å². The normalized spacial score (nSPS) is 11.6. The lowest BCUT2D eigenvalue weighted by Crippen LogP contribution is -2.34. The molecule has 3 heteroatoms. The van der Waals surface area contributed by atoms with Crippen molar-refractivity contribution in [3.63, 3.8) is 0 Å². The van der Waals surface area contributed by atoms with Gasteiger partial charge in [0, 0.05) is 13.0 Å². The molecule has 0 unspecified atom stereocenters. The molecule has 0 aliphatic carbocycles. The summed E-state index contributed by atoms with van der Waals surface area (Å²) in [5.41, 5.74) is -1.23. The van der Waals surface area contributed by atoms with Gasteiger partial charge >= 0.3 is 0 Å². The Balaban J connectivity index is 3.35. The van der Waals surface area contributed by atoms with Crippen LogP contribution in [0.2, 0.25) is 0 Å². The molecule has 2 nitrogen and oxygen atoms in total. The number of Topliss-reactive ketones (excluding diaryl/α,β-unsaturated/α-hetero) is 1. The fraction of sp³-hybridized carbons (Fsp3) is 0.875. The molecule has 0 atom stereocenters. The summed E-state index contributed by atoms with van der Waals surface area (Å²) in [5.74, 6) is 0.120. The van der Waals surface area contributed by atoms with Gasteiger partial charge in [-0.2, -0.15) is 0 Å². The maximum absolute atomic E-state index is 12.8. The Bertz CT molecular complexity index is 129. The van der Waals surface area contributed by atoms with Crippen molar-refractivity contribution in [2.45, 2.75) is 32.9 Å². The Hall–Kier alpha value is -0.440. The molecule has 0 saturated heterocycles. The van der Waals surface area contributed by atoms with Crippen molar-refractivity contribution in [1.29, 1.82) is 0 Å². The summed E-state index contributed by atoms with van der Waals surface area (Å²) < 4.78 is 12.8. The van der Waals surface area contributed by atoms with Crippen LogP contribution in [0.1, 0.15) is 27.2 Å². The Morgan fingerprint density at radius 2 is 2.09 bits per heavy atom. The summed E-state index contributed by atoms with van der Waals surface area (Å²) >= 11 is 0. The van der Waals surface area contributed by atoms with Crippen molar-refractivity contribution in [1.82, 2.24) is 5.32 Å². The third-order valence-corrected chi connectivity index (χ3v) is 1.26. The minimum atomic E-state index is -1.23. The van der Waals surface area contributed by atoms with E-state index in [0.29, 0.717) is 6.42 Å².